The molecule has 14 aromatic carbocycles. The van der Waals surface area contributed by atoms with Crippen LogP contribution >= 0.6 is 0 Å². The fourth-order valence-electron chi connectivity index (χ4n) is 12.6. The lowest BCUT2D eigenvalue weighted by Gasteiger charge is -2.31. The van der Waals surface area contributed by atoms with Gasteiger partial charge in [0.25, 0.3) is 0 Å². The molecular weight excluding hydrogens is 1010 g/mol. The maximum absolute atomic E-state index is 18.3. The van der Waals surface area contributed by atoms with Gasteiger partial charge in [0.05, 0.1) is 34.1 Å². The van der Waals surface area contributed by atoms with Crippen LogP contribution in [0.4, 0.5) is 42.9 Å². The lowest BCUT2D eigenvalue weighted by Crippen LogP contribution is -2.15. The predicted molar refractivity (Wildman–Crippen MR) is 336 cm³/mol. The van der Waals surface area contributed by atoms with E-state index >= 15 is 8.78 Å². The number of furan rings is 2. The van der Waals surface area contributed by atoms with Gasteiger partial charge >= 0.3 is 0 Å². The molecule has 0 spiro atoms. The van der Waals surface area contributed by atoms with E-state index in [9.17, 15) is 0 Å². The smallest absolute Gasteiger partial charge is 0.159 e. The second-order valence-corrected chi connectivity index (χ2v) is 20.9. The van der Waals surface area contributed by atoms with E-state index in [1.807, 2.05) is 182 Å². The molecule has 0 amide bonds. The summed E-state index contributed by atoms with van der Waals surface area (Å²) in [5, 5.41) is 9.49. The first-order valence-corrected chi connectivity index (χ1v) is 27.5. The molecule has 16 rings (SSSR count). The Balaban J connectivity index is 0.997. The Morgan fingerprint density at radius 3 is 1.02 bits per heavy atom. The highest BCUT2D eigenvalue weighted by atomic mass is 19.1. The van der Waals surface area contributed by atoms with Crippen molar-refractivity contribution in [3.63, 3.8) is 0 Å². The van der Waals surface area contributed by atoms with Crippen LogP contribution < -0.4 is 9.80 Å². The predicted octanol–water partition coefficient (Wildman–Crippen LogP) is 22.3. The SMILES string of the molecule is Fc1cc(-c2ccccc2)cc(-c2ccccc2)c1N(c1ccc2ccc3c(N(c4c(F)cc(-c5ccccc5)cc4-c4ccccc4)c4cccc5c4oc4ccccc45)ccc4ccc1c2c43)c1cccc2c1oc1ccccc12. The molecule has 0 aliphatic carbocycles. The van der Waals surface area contributed by atoms with Crippen molar-refractivity contribution in [2.45, 2.75) is 0 Å². The quantitative estimate of drug-likeness (QED) is 0.128. The fraction of sp³-hybridized carbons (Fsp3) is 0. The van der Waals surface area contributed by atoms with Crippen LogP contribution in [0.1, 0.15) is 0 Å². The van der Waals surface area contributed by atoms with E-state index in [4.69, 9.17) is 8.83 Å². The Morgan fingerprint density at radius 1 is 0.256 bits per heavy atom. The van der Waals surface area contributed by atoms with Crippen LogP contribution in [-0.2, 0) is 0 Å². The Hall–Kier alpha value is -10.8. The van der Waals surface area contributed by atoms with E-state index in [1.54, 1.807) is 12.1 Å². The van der Waals surface area contributed by atoms with Gasteiger partial charge in [-0.3, -0.25) is 0 Å². The van der Waals surface area contributed by atoms with Crippen molar-refractivity contribution in [3.05, 3.63) is 291 Å². The molecule has 0 atom stereocenters. The molecule has 2 heterocycles. The lowest BCUT2D eigenvalue weighted by molar-refractivity contribution is 0.629. The third kappa shape index (κ3) is 7.49. The summed E-state index contributed by atoms with van der Waals surface area (Å²) >= 11 is 0. The molecule has 0 bridgehead atoms. The number of anilines is 6. The Kier molecular flexibility index (Phi) is 10.9. The molecule has 0 aliphatic heterocycles. The van der Waals surface area contributed by atoms with Crippen molar-refractivity contribution >= 4 is 110 Å². The van der Waals surface area contributed by atoms with E-state index in [0.717, 1.165) is 110 Å². The summed E-state index contributed by atoms with van der Waals surface area (Å²) in [6, 6.07) is 92.9. The Labute approximate surface area is 470 Å². The van der Waals surface area contributed by atoms with Gasteiger partial charge in [-0.2, -0.15) is 0 Å². The summed E-state index contributed by atoms with van der Waals surface area (Å²) in [6.07, 6.45) is 0. The van der Waals surface area contributed by atoms with Gasteiger partial charge in [0.15, 0.2) is 11.2 Å². The van der Waals surface area contributed by atoms with Gasteiger partial charge in [-0.1, -0.05) is 218 Å². The van der Waals surface area contributed by atoms with E-state index in [-0.39, 0.29) is 0 Å². The number of rotatable bonds is 10. The van der Waals surface area contributed by atoms with Crippen LogP contribution in [0.15, 0.2) is 288 Å². The van der Waals surface area contributed by atoms with Gasteiger partial charge in [0.2, 0.25) is 0 Å². The summed E-state index contributed by atoms with van der Waals surface area (Å²) in [5.74, 6) is -0.794. The van der Waals surface area contributed by atoms with Crippen molar-refractivity contribution in [1.82, 2.24) is 0 Å². The highest BCUT2D eigenvalue weighted by Gasteiger charge is 2.31. The average Bonchev–Trinajstić information content (AvgIpc) is 2.83. The summed E-state index contributed by atoms with van der Waals surface area (Å²) < 4.78 is 50.4. The number of hydrogen-bond donors (Lipinski definition) is 0. The van der Waals surface area contributed by atoms with Gasteiger partial charge in [-0.25, -0.2) is 8.78 Å². The molecule has 0 N–H and O–H groups in total. The molecule has 0 saturated heterocycles. The van der Waals surface area contributed by atoms with Crippen LogP contribution in [0.25, 0.3) is 121 Å². The summed E-state index contributed by atoms with van der Waals surface area (Å²) in [4.78, 5) is 4.13. The number of nitrogens with zero attached hydrogens (tertiary/aromatic N) is 2. The third-order valence-corrected chi connectivity index (χ3v) is 16.3. The minimum absolute atomic E-state index is 0.377. The molecule has 0 aliphatic rings. The number of hydrogen-bond acceptors (Lipinski definition) is 4. The number of fused-ring (bicyclic) bond motifs is 6. The van der Waals surface area contributed by atoms with E-state index in [1.165, 1.54) is 0 Å². The van der Waals surface area contributed by atoms with E-state index < -0.39 is 11.6 Å². The highest BCUT2D eigenvalue weighted by Crippen LogP contribution is 2.54. The molecule has 4 nitrogen and oxygen atoms in total. The van der Waals surface area contributed by atoms with Crippen LogP contribution in [-0.4, -0.2) is 0 Å². The minimum Gasteiger partial charge on any atom is -0.454 e. The van der Waals surface area contributed by atoms with Crippen molar-refractivity contribution in [2.24, 2.45) is 0 Å². The molecule has 6 heteroatoms. The van der Waals surface area contributed by atoms with Gasteiger partial charge < -0.3 is 18.6 Å². The topological polar surface area (TPSA) is 32.8 Å². The van der Waals surface area contributed by atoms with E-state index in [0.29, 0.717) is 45.0 Å². The summed E-state index contributed by atoms with van der Waals surface area (Å²) in [6.45, 7) is 0. The Morgan fingerprint density at radius 2 is 0.610 bits per heavy atom. The number of halogens is 2. The monoisotopic (exact) mass is 1060 g/mol. The fourth-order valence-corrected chi connectivity index (χ4v) is 12.6. The van der Waals surface area contributed by atoms with Crippen molar-refractivity contribution in [2.75, 3.05) is 9.80 Å². The third-order valence-electron chi connectivity index (χ3n) is 16.3. The normalized spacial score (nSPS) is 11.8. The molecular formula is C76H46F2N2O2. The number of benzene rings is 14. The van der Waals surface area contributed by atoms with E-state index in [2.05, 4.69) is 94.7 Å². The van der Waals surface area contributed by atoms with Crippen LogP contribution in [0.3, 0.4) is 0 Å². The first kappa shape index (κ1) is 47.2. The second-order valence-electron chi connectivity index (χ2n) is 20.9. The molecule has 82 heavy (non-hydrogen) atoms. The van der Waals surface area contributed by atoms with Gasteiger partial charge in [-0.05, 0) is 116 Å². The molecule has 2 aromatic heterocycles. The first-order chi connectivity index (χ1) is 40.5. The maximum atomic E-state index is 18.3. The summed E-state index contributed by atoms with van der Waals surface area (Å²) in [5.41, 5.74) is 12.8. The van der Waals surface area contributed by atoms with Gasteiger partial charge in [0, 0.05) is 43.4 Å². The lowest BCUT2D eigenvalue weighted by atomic mass is 9.90. The van der Waals surface area contributed by atoms with Crippen LogP contribution in [0.5, 0.6) is 0 Å². The molecule has 0 unspecified atom stereocenters. The second kappa shape index (κ2) is 18.9. The molecule has 386 valence electrons. The zero-order chi connectivity index (χ0) is 54.4. The van der Waals surface area contributed by atoms with Gasteiger partial charge in [0.1, 0.15) is 22.8 Å². The Bertz CT molecular complexity index is 4810. The van der Waals surface area contributed by atoms with Crippen molar-refractivity contribution < 1.29 is 17.6 Å². The zero-order valence-electron chi connectivity index (χ0n) is 44.0. The van der Waals surface area contributed by atoms with Gasteiger partial charge in [-0.15, -0.1) is 0 Å². The highest BCUT2D eigenvalue weighted by molar-refractivity contribution is 6.29. The molecule has 0 fully saturated rings. The largest absolute Gasteiger partial charge is 0.454 e. The molecule has 0 radical (unpaired) electrons. The number of para-hydroxylation sites is 4. The van der Waals surface area contributed by atoms with Crippen LogP contribution in [0, 0.1) is 11.6 Å². The van der Waals surface area contributed by atoms with Crippen LogP contribution in [0.2, 0.25) is 0 Å². The minimum atomic E-state index is -0.397. The zero-order valence-corrected chi connectivity index (χ0v) is 44.0. The maximum Gasteiger partial charge on any atom is 0.159 e. The molecule has 16 aromatic rings. The summed E-state index contributed by atoms with van der Waals surface area (Å²) in [7, 11) is 0. The van der Waals surface area contributed by atoms with Crippen molar-refractivity contribution in [1.29, 1.82) is 0 Å². The standard InChI is InChI=1S/C76H46F2N2O2/c77-63-45-53(47-19-5-1-6-20-47)43-61(49-23-9-3-10-24-49)73(63)79(67-31-17-29-57-55-27-13-15-33-69(55)81-75(57)67)65-41-37-51-36-40-60-66(42-38-52-35-39-59(65)71(51)72(52)60)80(68-32-18-30-58-56-28-14-16-34-70(56)82-76(58)68)74-62(50-25-11-4-12-26-50)44-54(46-64(74)78)48-21-7-2-8-22-48/h1-46H. The van der Waals surface area contributed by atoms with Crippen molar-refractivity contribution in [3.8, 4) is 44.5 Å². The molecule has 0 saturated carbocycles. The first-order valence-electron chi connectivity index (χ1n) is 27.5. The average molecular weight is 1060 g/mol.